The fourth-order valence-corrected chi connectivity index (χ4v) is 2.01. The van der Waals surface area contributed by atoms with Gasteiger partial charge in [-0.3, -0.25) is 4.79 Å². The first-order valence-electron chi connectivity index (χ1n) is 7.02. The van der Waals surface area contributed by atoms with Crippen LogP contribution < -0.4 is 15.8 Å². The van der Waals surface area contributed by atoms with Crippen molar-refractivity contribution < 1.29 is 9.53 Å². The Hall–Kier alpha value is -1.26. The monoisotopic (exact) mass is 298 g/mol. The molecule has 20 heavy (non-hydrogen) atoms. The van der Waals surface area contributed by atoms with Crippen molar-refractivity contribution in [1.29, 1.82) is 0 Å². The van der Waals surface area contributed by atoms with Crippen LogP contribution in [0.1, 0.15) is 33.1 Å². The molecule has 4 nitrogen and oxygen atoms in total. The number of amides is 1. The van der Waals surface area contributed by atoms with Gasteiger partial charge in [-0.05, 0) is 37.1 Å². The summed E-state index contributed by atoms with van der Waals surface area (Å²) in [5.41, 5.74) is 6.27. The average molecular weight is 299 g/mol. The fraction of sp³-hybridized carbons (Fsp3) is 0.533. The van der Waals surface area contributed by atoms with Crippen molar-refractivity contribution in [3.05, 3.63) is 23.2 Å². The molecule has 0 spiro atoms. The third kappa shape index (κ3) is 5.39. The molecule has 1 unspecified atom stereocenters. The maximum absolute atomic E-state index is 11.9. The molecule has 0 bridgehead atoms. The van der Waals surface area contributed by atoms with Gasteiger partial charge in [-0.15, -0.1) is 0 Å². The van der Waals surface area contributed by atoms with Crippen molar-refractivity contribution >= 4 is 23.2 Å². The quantitative estimate of drug-likeness (QED) is 0.772. The Bertz CT molecular complexity index is 434. The lowest BCUT2D eigenvalue weighted by atomic mass is 10.0. The molecule has 0 aliphatic rings. The second kappa shape index (κ2) is 8.82. The SMILES string of the molecule is CCCOc1ccc(NC(=O)CC(CC)CN)cc1Cl. The number of hydrogen-bond acceptors (Lipinski definition) is 3. The van der Waals surface area contributed by atoms with E-state index in [4.69, 9.17) is 22.1 Å². The number of anilines is 1. The Morgan fingerprint density at radius 3 is 2.75 bits per heavy atom. The smallest absolute Gasteiger partial charge is 0.224 e. The molecule has 1 aromatic carbocycles. The molecule has 112 valence electrons. The molecule has 0 heterocycles. The summed E-state index contributed by atoms with van der Waals surface area (Å²) in [6.45, 7) is 5.21. The van der Waals surface area contributed by atoms with Crippen molar-refractivity contribution in [1.82, 2.24) is 0 Å². The Morgan fingerprint density at radius 2 is 2.20 bits per heavy atom. The highest BCUT2D eigenvalue weighted by atomic mass is 35.5. The zero-order valence-electron chi connectivity index (χ0n) is 12.1. The molecule has 0 aliphatic heterocycles. The summed E-state index contributed by atoms with van der Waals surface area (Å²) in [6, 6.07) is 5.26. The summed E-state index contributed by atoms with van der Waals surface area (Å²) >= 11 is 6.11. The number of nitrogens with two attached hydrogens (primary N) is 1. The predicted molar refractivity (Wildman–Crippen MR) is 83.3 cm³/mol. The molecule has 0 saturated carbocycles. The summed E-state index contributed by atoms with van der Waals surface area (Å²) in [4.78, 5) is 11.9. The lowest BCUT2D eigenvalue weighted by Gasteiger charge is -2.13. The van der Waals surface area contributed by atoms with Crippen LogP contribution in [0.15, 0.2) is 18.2 Å². The molecule has 0 saturated heterocycles. The Balaban J connectivity index is 2.60. The van der Waals surface area contributed by atoms with Crippen molar-refractivity contribution in [2.45, 2.75) is 33.1 Å². The highest BCUT2D eigenvalue weighted by Crippen LogP contribution is 2.28. The van der Waals surface area contributed by atoms with E-state index in [2.05, 4.69) is 5.32 Å². The summed E-state index contributed by atoms with van der Waals surface area (Å²) in [6.07, 6.45) is 2.25. The highest BCUT2D eigenvalue weighted by molar-refractivity contribution is 6.32. The summed E-state index contributed by atoms with van der Waals surface area (Å²) in [5, 5.41) is 3.33. The van der Waals surface area contributed by atoms with Gasteiger partial charge >= 0.3 is 0 Å². The van der Waals surface area contributed by atoms with Gasteiger partial charge in [0, 0.05) is 12.1 Å². The van der Waals surface area contributed by atoms with Gasteiger partial charge < -0.3 is 15.8 Å². The zero-order valence-corrected chi connectivity index (χ0v) is 12.9. The van der Waals surface area contributed by atoms with Gasteiger partial charge in [0.05, 0.1) is 11.6 Å². The number of ether oxygens (including phenoxy) is 1. The maximum atomic E-state index is 11.9. The number of carbonyl (C=O) groups is 1. The number of hydrogen-bond donors (Lipinski definition) is 2. The van der Waals surface area contributed by atoms with Crippen LogP contribution in [0.4, 0.5) is 5.69 Å². The highest BCUT2D eigenvalue weighted by Gasteiger charge is 2.11. The predicted octanol–water partition coefficient (Wildman–Crippen LogP) is 3.44. The van der Waals surface area contributed by atoms with Gasteiger partial charge in [0.1, 0.15) is 5.75 Å². The third-order valence-corrected chi connectivity index (χ3v) is 3.36. The first-order valence-corrected chi connectivity index (χ1v) is 7.40. The van der Waals surface area contributed by atoms with Crippen molar-refractivity contribution in [2.75, 3.05) is 18.5 Å². The Labute approximate surface area is 125 Å². The van der Waals surface area contributed by atoms with Gasteiger partial charge in [0.15, 0.2) is 0 Å². The first kappa shape index (κ1) is 16.8. The van der Waals surface area contributed by atoms with E-state index in [1.807, 2.05) is 13.8 Å². The maximum Gasteiger partial charge on any atom is 0.224 e. The second-order valence-corrected chi connectivity index (χ2v) is 5.16. The van der Waals surface area contributed by atoms with Gasteiger partial charge in [0.25, 0.3) is 0 Å². The van der Waals surface area contributed by atoms with E-state index in [-0.39, 0.29) is 11.8 Å². The molecule has 1 rings (SSSR count). The zero-order chi connectivity index (χ0) is 15.0. The Kier molecular flexibility index (Phi) is 7.41. The molecule has 1 atom stereocenters. The summed E-state index contributed by atoms with van der Waals surface area (Å²) in [7, 11) is 0. The molecule has 0 aliphatic carbocycles. The minimum atomic E-state index is -0.0411. The van der Waals surface area contributed by atoms with E-state index in [9.17, 15) is 4.79 Å². The van der Waals surface area contributed by atoms with Gasteiger partial charge in [-0.25, -0.2) is 0 Å². The van der Waals surface area contributed by atoms with Crippen LogP contribution in [0, 0.1) is 5.92 Å². The van der Waals surface area contributed by atoms with Gasteiger partial charge in [-0.2, -0.15) is 0 Å². The molecule has 0 fully saturated rings. The number of carbonyl (C=O) groups excluding carboxylic acids is 1. The average Bonchev–Trinajstić information content (AvgIpc) is 2.44. The van der Waals surface area contributed by atoms with Gasteiger partial charge in [0.2, 0.25) is 5.91 Å². The van der Waals surface area contributed by atoms with Crippen LogP contribution in [0.5, 0.6) is 5.75 Å². The minimum Gasteiger partial charge on any atom is -0.492 e. The number of halogens is 1. The molecule has 0 aromatic heterocycles. The number of benzene rings is 1. The van der Waals surface area contributed by atoms with E-state index >= 15 is 0 Å². The van der Waals surface area contributed by atoms with Crippen LogP contribution in [0.3, 0.4) is 0 Å². The lowest BCUT2D eigenvalue weighted by molar-refractivity contribution is -0.117. The number of nitrogens with one attached hydrogen (secondary N) is 1. The van der Waals surface area contributed by atoms with Crippen LogP contribution in [0.2, 0.25) is 5.02 Å². The van der Waals surface area contributed by atoms with Crippen molar-refractivity contribution in [3.63, 3.8) is 0 Å². The molecular formula is C15H23ClN2O2. The van der Waals surface area contributed by atoms with Crippen molar-refractivity contribution in [3.8, 4) is 5.75 Å². The Morgan fingerprint density at radius 1 is 1.45 bits per heavy atom. The number of rotatable bonds is 8. The van der Waals surface area contributed by atoms with Gasteiger partial charge in [-0.1, -0.05) is 31.9 Å². The minimum absolute atomic E-state index is 0.0411. The molecule has 1 amide bonds. The van der Waals surface area contributed by atoms with Crippen LogP contribution in [-0.4, -0.2) is 19.1 Å². The summed E-state index contributed by atoms with van der Waals surface area (Å²) < 4.78 is 5.48. The van der Waals surface area contributed by atoms with Crippen LogP contribution >= 0.6 is 11.6 Å². The molecule has 1 aromatic rings. The topological polar surface area (TPSA) is 64.3 Å². The first-order chi connectivity index (χ1) is 9.60. The van der Waals surface area contributed by atoms with E-state index in [0.29, 0.717) is 36.0 Å². The molecule has 0 radical (unpaired) electrons. The lowest BCUT2D eigenvalue weighted by Crippen LogP contribution is -2.21. The second-order valence-electron chi connectivity index (χ2n) is 4.76. The van der Waals surface area contributed by atoms with E-state index in [0.717, 1.165) is 12.8 Å². The van der Waals surface area contributed by atoms with Crippen LogP contribution in [-0.2, 0) is 4.79 Å². The molecule has 3 N–H and O–H groups in total. The van der Waals surface area contributed by atoms with Crippen molar-refractivity contribution in [2.24, 2.45) is 11.7 Å². The molecular weight excluding hydrogens is 276 g/mol. The van der Waals surface area contributed by atoms with E-state index in [1.54, 1.807) is 18.2 Å². The standard InChI is InChI=1S/C15H23ClN2O2/c1-3-7-20-14-6-5-12(9-13(14)16)18-15(19)8-11(4-2)10-17/h5-6,9,11H,3-4,7-8,10,17H2,1-2H3,(H,18,19). The van der Waals surface area contributed by atoms with E-state index in [1.165, 1.54) is 0 Å². The summed E-state index contributed by atoms with van der Waals surface area (Å²) in [5.74, 6) is 0.818. The largest absolute Gasteiger partial charge is 0.492 e. The normalized spacial score (nSPS) is 12.0. The third-order valence-electron chi connectivity index (χ3n) is 3.06. The van der Waals surface area contributed by atoms with Crippen LogP contribution in [0.25, 0.3) is 0 Å². The fourth-order valence-electron chi connectivity index (χ4n) is 1.78. The molecule has 5 heteroatoms. The van der Waals surface area contributed by atoms with E-state index < -0.39 is 0 Å².